The molecule has 0 radical (unpaired) electrons. The summed E-state index contributed by atoms with van der Waals surface area (Å²) in [5.41, 5.74) is 7.04. The third kappa shape index (κ3) is 1.87. The molecular weight excluding hydrogens is 202 g/mol. The van der Waals surface area contributed by atoms with Gasteiger partial charge >= 0.3 is 0 Å². The number of ether oxygens (including phenoxy) is 1. The van der Waals surface area contributed by atoms with Gasteiger partial charge in [0.15, 0.2) is 11.5 Å². The third-order valence-electron chi connectivity index (χ3n) is 3.48. The SMILES string of the molecule is COc1c(O)cccc1C1(N)CCCCC1. The Labute approximate surface area is 96.2 Å². The molecule has 3 N–H and O–H groups in total. The van der Waals surface area contributed by atoms with E-state index in [1.54, 1.807) is 13.2 Å². The first-order valence-electron chi connectivity index (χ1n) is 5.83. The summed E-state index contributed by atoms with van der Waals surface area (Å²) in [6, 6.07) is 5.43. The van der Waals surface area contributed by atoms with Crippen LogP contribution in [0.2, 0.25) is 0 Å². The lowest BCUT2D eigenvalue weighted by atomic mass is 9.77. The van der Waals surface area contributed by atoms with Crippen LogP contribution in [0, 0.1) is 0 Å². The van der Waals surface area contributed by atoms with E-state index in [4.69, 9.17) is 10.5 Å². The van der Waals surface area contributed by atoms with Crippen molar-refractivity contribution in [3.8, 4) is 11.5 Å². The van der Waals surface area contributed by atoms with Crippen LogP contribution in [0.25, 0.3) is 0 Å². The number of para-hydroxylation sites is 1. The fraction of sp³-hybridized carbons (Fsp3) is 0.538. The van der Waals surface area contributed by atoms with Crippen LogP contribution in [-0.2, 0) is 5.54 Å². The Morgan fingerprint density at radius 2 is 1.94 bits per heavy atom. The molecule has 1 saturated carbocycles. The highest BCUT2D eigenvalue weighted by molar-refractivity contribution is 5.49. The maximum Gasteiger partial charge on any atom is 0.165 e. The van der Waals surface area contributed by atoms with Crippen LogP contribution in [0.4, 0.5) is 0 Å². The molecule has 0 atom stereocenters. The van der Waals surface area contributed by atoms with Crippen molar-refractivity contribution < 1.29 is 9.84 Å². The summed E-state index contributed by atoms with van der Waals surface area (Å²) < 4.78 is 5.26. The molecule has 0 bridgehead atoms. The maximum absolute atomic E-state index is 9.76. The van der Waals surface area contributed by atoms with E-state index in [0.29, 0.717) is 5.75 Å². The smallest absolute Gasteiger partial charge is 0.165 e. The molecule has 16 heavy (non-hydrogen) atoms. The fourth-order valence-corrected chi connectivity index (χ4v) is 2.58. The van der Waals surface area contributed by atoms with E-state index in [0.717, 1.165) is 31.2 Å². The first-order valence-corrected chi connectivity index (χ1v) is 5.83. The molecule has 1 aromatic rings. The van der Waals surface area contributed by atoms with E-state index in [1.165, 1.54) is 6.42 Å². The number of benzene rings is 1. The molecule has 88 valence electrons. The second-order valence-corrected chi connectivity index (χ2v) is 4.57. The summed E-state index contributed by atoms with van der Waals surface area (Å²) in [5, 5.41) is 9.76. The van der Waals surface area contributed by atoms with Gasteiger partial charge in [0.2, 0.25) is 0 Å². The van der Waals surface area contributed by atoms with Crippen molar-refractivity contribution in [1.29, 1.82) is 0 Å². The van der Waals surface area contributed by atoms with Crippen molar-refractivity contribution in [3.63, 3.8) is 0 Å². The van der Waals surface area contributed by atoms with Crippen LogP contribution < -0.4 is 10.5 Å². The van der Waals surface area contributed by atoms with E-state index in [1.807, 2.05) is 12.1 Å². The molecule has 3 nitrogen and oxygen atoms in total. The number of methoxy groups -OCH3 is 1. The van der Waals surface area contributed by atoms with Gasteiger partial charge in [-0.3, -0.25) is 0 Å². The molecule has 0 saturated heterocycles. The Morgan fingerprint density at radius 1 is 1.25 bits per heavy atom. The summed E-state index contributed by atoms with van der Waals surface area (Å²) >= 11 is 0. The Morgan fingerprint density at radius 3 is 2.56 bits per heavy atom. The Kier molecular flexibility index (Phi) is 3.06. The normalized spacial score (nSPS) is 19.4. The highest BCUT2D eigenvalue weighted by Crippen LogP contribution is 2.42. The number of nitrogens with two attached hydrogens (primary N) is 1. The van der Waals surface area contributed by atoms with E-state index >= 15 is 0 Å². The van der Waals surface area contributed by atoms with E-state index < -0.39 is 0 Å². The van der Waals surface area contributed by atoms with Crippen LogP contribution in [0.1, 0.15) is 37.7 Å². The number of hydrogen-bond acceptors (Lipinski definition) is 3. The monoisotopic (exact) mass is 221 g/mol. The van der Waals surface area contributed by atoms with Gasteiger partial charge in [-0.2, -0.15) is 0 Å². The van der Waals surface area contributed by atoms with Crippen LogP contribution >= 0.6 is 0 Å². The zero-order valence-corrected chi connectivity index (χ0v) is 9.70. The average molecular weight is 221 g/mol. The van der Waals surface area contributed by atoms with Gasteiger partial charge in [0, 0.05) is 11.1 Å². The highest BCUT2D eigenvalue weighted by atomic mass is 16.5. The fourth-order valence-electron chi connectivity index (χ4n) is 2.58. The second-order valence-electron chi connectivity index (χ2n) is 4.57. The highest BCUT2D eigenvalue weighted by Gasteiger charge is 2.32. The van der Waals surface area contributed by atoms with Gasteiger partial charge in [-0.1, -0.05) is 31.4 Å². The Balaban J connectivity index is 2.41. The van der Waals surface area contributed by atoms with Crippen molar-refractivity contribution in [2.24, 2.45) is 5.73 Å². The first kappa shape index (κ1) is 11.3. The number of phenolic OH excluding ortho intramolecular Hbond substituents is 1. The second kappa shape index (κ2) is 4.34. The summed E-state index contributed by atoms with van der Waals surface area (Å²) in [5.74, 6) is 0.710. The zero-order valence-electron chi connectivity index (χ0n) is 9.70. The molecule has 0 amide bonds. The van der Waals surface area contributed by atoms with E-state index in [2.05, 4.69) is 0 Å². The number of phenols is 1. The lowest BCUT2D eigenvalue weighted by molar-refractivity contribution is 0.284. The van der Waals surface area contributed by atoms with Crippen LogP contribution in [0.5, 0.6) is 11.5 Å². The molecular formula is C13H19NO2. The van der Waals surface area contributed by atoms with Crippen molar-refractivity contribution >= 4 is 0 Å². The van der Waals surface area contributed by atoms with Crippen LogP contribution in [0.3, 0.4) is 0 Å². The predicted molar refractivity (Wildman–Crippen MR) is 63.6 cm³/mol. The third-order valence-corrected chi connectivity index (χ3v) is 3.48. The molecule has 0 spiro atoms. The maximum atomic E-state index is 9.76. The van der Waals surface area contributed by atoms with Gasteiger partial charge in [-0.25, -0.2) is 0 Å². The van der Waals surface area contributed by atoms with Gasteiger partial charge in [0.05, 0.1) is 7.11 Å². The lowest BCUT2D eigenvalue weighted by Crippen LogP contribution is -2.38. The van der Waals surface area contributed by atoms with Gasteiger partial charge < -0.3 is 15.6 Å². The van der Waals surface area contributed by atoms with Crippen molar-refractivity contribution in [1.82, 2.24) is 0 Å². The molecule has 3 heteroatoms. The molecule has 1 aromatic carbocycles. The largest absolute Gasteiger partial charge is 0.504 e. The summed E-state index contributed by atoms with van der Waals surface area (Å²) in [6.07, 6.45) is 5.48. The molecule has 0 aromatic heterocycles. The topological polar surface area (TPSA) is 55.5 Å². The number of hydrogen-bond donors (Lipinski definition) is 2. The predicted octanol–water partition coefficient (Wildman–Crippen LogP) is 2.52. The molecule has 1 aliphatic carbocycles. The number of rotatable bonds is 2. The molecule has 2 rings (SSSR count). The van der Waals surface area contributed by atoms with Crippen molar-refractivity contribution in [3.05, 3.63) is 23.8 Å². The van der Waals surface area contributed by atoms with Gasteiger partial charge in [-0.05, 0) is 18.9 Å². The summed E-state index contributed by atoms with van der Waals surface area (Å²) in [6.45, 7) is 0. The average Bonchev–Trinajstić information content (AvgIpc) is 2.29. The number of aromatic hydroxyl groups is 1. The minimum absolute atomic E-state index is 0.176. The quantitative estimate of drug-likeness (QED) is 0.806. The summed E-state index contributed by atoms with van der Waals surface area (Å²) in [4.78, 5) is 0. The standard InChI is InChI=1S/C13H19NO2/c1-16-12-10(6-5-7-11(12)15)13(14)8-3-2-4-9-13/h5-7,15H,2-4,8-9,14H2,1H3. The Hall–Kier alpha value is -1.22. The van der Waals surface area contributed by atoms with E-state index in [9.17, 15) is 5.11 Å². The van der Waals surface area contributed by atoms with Crippen LogP contribution in [0.15, 0.2) is 18.2 Å². The van der Waals surface area contributed by atoms with Gasteiger partial charge in [0.25, 0.3) is 0 Å². The van der Waals surface area contributed by atoms with Crippen molar-refractivity contribution in [2.45, 2.75) is 37.6 Å². The molecule has 1 aliphatic rings. The molecule has 1 fully saturated rings. The molecule has 0 aliphatic heterocycles. The van der Waals surface area contributed by atoms with E-state index in [-0.39, 0.29) is 11.3 Å². The summed E-state index contributed by atoms with van der Waals surface area (Å²) in [7, 11) is 1.57. The lowest BCUT2D eigenvalue weighted by Gasteiger charge is -2.35. The van der Waals surface area contributed by atoms with Crippen LogP contribution in [-0.4, -0.2) is 12.2 Å². The van der Waals surface area contributed by atoms with Crippen molar-refractivity contribution in [2.75, 3.05) is 7.11 Å². The van der Waals surface area contributed by atoms with Gasteiger partial charge in [0.1, 0.15) is 0 Å². The minimum atomic E-state index is -0.331. The first-order chi connectivity index (χ1) is 7.67. The zero-order chi connectivity index (χ0) is 11.6. The molecule has 0 heterocycles. The Bertz CT molecular complexity index is 370. The van der Waals surface area contributed by atoms with Gasteiger partial charge in [-0.15, -0.1) is 0 Å². The molecule has 0 unspecified atom stereocenters. The minimum Gasteiger partial charge on any atom is -0.504 e.